The van der Waals surface area contributed by atoms with Crippen LogP contribution in [-0.2, 0) is 40.4 Å². The number of alkyl carbamates (subject to hydrolysis) is 1. The molecule has 284 valence electrons. The second-order valence-corrected chi connectivity index (χ2v) is 17.5. The van der Waals surface area contributed by atoms with E-state index in [2.05, 4.69) is 22.3 Å². The van der Waals surface area contributed by atoms with Crippen LogP contribution in [0, 0.1) is 23.5 Å². The Hall–Kier alpha value is -4.42. The van der Waals surface area contributed by atoms with Gasteiger partial charge >= 0.3 is 12.3 Å². The summed E-state index contributed by atoms with van der Waals surface area (Å²) in [5.74, 6) is 3.76. The molecule has 0 radical (unpaired) electrons. The summed E-state index contributed by atoms with van der Waals surface area (Å²) in [6.45, 7) is 6.30. The van der Waals surface area contributed by atoms with E-state index in [-0.39, 0.29) is 50.7 Å². The lowest BCUT2D eigenvalue weighted by molar-refractivity contribution is -0.141. The highest BCUT2D eigenvalue weighted by atomic mass is 35.5. The molecular weight excluding hydrogens is 741 g/mol. The van der Waals surface area contributed by atoms with Gasteiger partial charge in [0.2, 0.25) is 0 Å². The van der Waals surface area contributed by atoms with Crippen LogP contribution in [-0.4, -0.2) is 52.1 Å². The predicted molar refractivity (Wildman–Crippen MR) is 193 cm³/mol. The molecule has 0 saturated carbocycles. The zero-order chi connectivity index (χ0) is 39.3. The highest BCUT2D eigenvalue weighted by Gasteiger charge is 2.35. The minimum Gasteiger partial charge on any atom is -0.444 e. The molecule has 1 aliphatic carbocycles. The van der Waals surface area contributed by atoms with E-state index in [1.54, 1.807) is 20.8 Å². The Kier molecular flexibility index (Phi) is 10.8. The van der Waals surface area contributed by atoms with Gasteiger partial charge in [0.05, 0.1) is 27.7 Å². The van der Waals surface area contributed by atoms with Crippen molar-refractivity contribution in [1.82, 2.24) is 20.1 Å². The number of alkyl halides is 3. The standard InChI is InChI=1S/C37H39ClF5N5O4S/c1-35(2,3)52-34(49)46-28(17-20-15-21(39)18-22(40)16-20)31-29(25-11-12-26(38)30-32(25)48(47-33(30)44)19-37(41,42)43)24-10-8-7-9-23(24)27(45-31)13-14-36(4,5)53(6,50)51/h11-12,15-16,18,28H,7-10,17,19H2,1-6H3,(H2,44,47)(H,46,49). The number of hydrogen-bond acceptors (Lipinski definition) is 7. The van der Waals surface area contributed by atoms with Crippen molar-refractivity contribution in [1.29, 1.82) is 0 Å². The lowest BCUT2D eigenvalue weighted by Crippen LogP contribution is -2.36. The van der Waals surface area contributed by atoms with Gasteiger partial charge in [-0.3, -0.25) is 4.68 Å². The van der Waals surface area contributed by atoms with Crippen molar-refractivity contribution in [3.8, 4) is 23.0 Å². The van der Waals surface area contributed by atoms with E-state index in [0.29, 0.717) is 53.1 Å². The number of pyridine rings is 1. The number of aromatic nitrogens is 3. The van der Waals surface area contributed by atoms with Gasteiger partial charge in [-0.15, -0.1) is 0 Å². The molecule has 3 N–H and O–H groups in total. The molecule has 0 fully saturated rings. The number of fused-ring (bicyclic) bond motifs is 2. The second kappa shape index (κ2) is 14.4. The van der Waals surface area contributed by atoms with Crippen LogP contribution in [0.15, 0.2) is 30.3 Å². The van der Waals surface area contributed by atoms with Gasteiger partial charge in [0.15, 0.2) is 15.7 Å². The van der Waals surface area contributed by atoms with E-state index in [4.69, 9.17) is 27.1 Å². The fraction of sp³-hybridized carbons (Fsp3) is 0.432. The van der Waals surface area contributed by atoms with Crippen molar-refractivity contribution in [2.45, 2.75) is 95.8 Å². The van der Waals surface area contributed by atoms with Crippen LogP contribution in [0.3, 0.4) is 0 Å². The molecule has 1 aliphatic rings. The Morgan fingerprint density at radius 1 is 1.06 bits per heavy atom. The number of anilines is 1. The smallest absolute Gasteiger partial charge is 0.408 e. The number of hydrogen-bond donors (Lipinski definition) is 2. The van der Waals surface area contributed by atoms with Gasteiger partial charge < -0.3 is 15.8 Å². The minimum absolute atomic E-state index is 0.0437. The summed E-state index contributed by atoms with van der Waals surface area (Å²) in [5, 5.41) is 6.87. The SMILES string of the molecule is CC(C)(C)OC(=O)NC(Cc1cc(F)cc(F)c1)c1nc(C#CC(C)(C)S(C)(=O)=O)c2c(c1-c1ccc(Cl)c3c(N)nn(CC(F)(F)F)c13)CCCC2. The first kappa shape index (κ1) is 39.8. The number of nitrogens with two attached hydrogens (primary N) is 1. The Morgan fingerprint density at radius 2 is 1.68 bits per heavy atom. The van der Waals surface area contributed by atoms with Crippen LogP contribution in [0.2, 0.25) is 5.02 Å². The Balaban J connectivity index is 1.92. The molecule has 2 heterocycles. The maximum Gasteiger partial charge on any atom is 0.408 e. The van der Waals surface area contributed by atoms with Crippen LogP contribution >= 0.6 is 11.6 Å². The molecule has 0 aliphatic heterocycles. The minimum atomic E-state index is -4.71. The zero-order valence-corrected chi connectivity index (χ0v) is 31.5. The van der Waals surface area contributed by atoms with Crippen molar-refractivity contribution < 1.29 is 39.9 Å². The van der Waals surface area contributed by atoms with Crippen molar-refractivity contribution in [2.24, 2.45) is 0 Å². The molecule has 0 bridgehead atoms. The highest BCUT2D eigenvalue weighted by molar-refractivity contribution is 7.92. The van der Waals surface area contributed by atoms with Gasteiger partial charge in [-0.25, -0.2) is 27.0 Å². The number of rotatable bonds is 7. The largest absolute Gasteiger partial charge is 0.444 e. The fourth-order valence-electron chi connectivity index (χ4n) is 6.22. The maximum atomic E-state index is 14.5. The Bertz CT molecular complexity index is 2250. The molecule has 0 spiro atoms. The number of sulfone groups is 1. The average molecular weight is 780 g/mol. The number of benzene rings is 2. The lowest BCUT2D eigenvalue weighted by Gasteiger charge is -2.29. The molecule has 16 heteroatoms. The van der Waals surface area contributed by atoms with E-state index in [1.807, 2.05) is 0 Å². The van der Waals surface area contributed by atoms with Gasteiger partial charge in [-0.1, -0.05) is 23.6 Å². The Morgan fingerprint density at radius 3 is 2.26 bits per heavy atom. The van der Waals surface area contributed by atoms with E-state index < -0.39 is 56.7 Å². The van der Waals surface area contributed by atoms with Gasteiger partial charge in [-0.2, -0.15) is 18.3 Å². The third kappa shape index (κ3) is 9.04. The summed E-state index contributed by atoms with van der Waals surface area (Å²) in [7, 11) is -3.67. The average Bonchev–Trinajstić information content (AvgIpc) is 3.32. The lowest BCUT2D eigenvalue weighted by atomic mass is 9.82. The van der Waals surface area contributed by atoms with Crippen LogP contribution in [0.1, 0.15) is 81.6 Å². The first-order chi connectivity index (χ1) is 24.4. The van der Waals surface area contributed by atoms with Crippen LogP contribution in [0.4, 0.5) is 32.6 Å². The predicted octanol–water partition coefficient (Wildman–Crippen LogP) is 8.04. The molecule has 1 atom stereocenters. The zero-order valence-electron chi connectivity index (χ0n) is 29.9. The van der Waals surface area contributed by atoms with E-state index in [9.17, 15) is 35.2 Å². The molecule has 9 nitrogen and oxygen atoms in total. The molecule has 1 amide bonds. The first-order valence-electron chi connectivity index (χ1n) is 16.7. The highest BCUT2D eigenvalue weighted by Crippen LogP contribution is 2.44. The molecule has 5 rings (SSSR count). The maximum absolute atomic E-state index is 14.5. The van der Waals surface area contributed by atoms with E-state index in [0.717, 1.165) is 18.4 Å². The van der Waals surface area contributed by atoms with E-state index >= 15 is 0 Å². The number of halogens is 6. The van der Waals surface area contributed by atoms with Crippen molar-refractivity contribution in [2.75, 3.05) is 12.0 Å². The van der Waals surface area contributed by atoms with Gasteiger partial charge in [-0.05, 0) is 108 Å². The van der Waals surface area contributed by atoms with Crippen molar-refractivity contribution in [3.63, 3.8) is 0 Å². The number of carbonyl (C=O) groups excluding carboxylic acids is 1. The van der Waals surface area contributed by atoms with Crippen molar-refractivity contribution >= 4 is 44.3 Å². The monoisotopic (exact) mass is 779 g/mol. The van der Waals surface area contributed by atoms with Gasteiger partial charge in [0.25, 0.3) is 0 Å². The molecule has 1 unspecified atom stereocenters. The summed E-state index contributed by atoms with van der Waals surface area (Å²) in [4.78, 5) is 18.4. The fourth-order valence-corrected chi connectivity index (χ4v) is 6.71. The quantitative estimate of drug-likeness (QED) is 0.144. The number of ether oxygens (including phenoxy) is 1. The number of nitrogens with zero attached hydrogens (tertiary/aromatic N) is 3. The summed E-state index contributed by atoms with van der Waals surface area (Å²) in [6.07, 6.45) is -2.62. The molecular formula is C37H39ClF5N5O4S. The third-order valence-corrected chi connectivity index (χ3v) is 11.1. The molecule has 53 heavy (non-hydrogen) atoms. The molecule has 2 aromatic heterocycles. The summed E-state index contributed by atoms with van der Waals surface area (Å²) >= 11 is 6.52. The summed E-state index contributed by atoms with van der Waals surface area (Å²) < 4.78 is 101. The third-order valence-electron chi connectivity index (χ3n) is 8.80. The first-order valence-corrected chi connectivity index (χ1v) is 19.0. The normalized spacial score (nSPS) is 14.3. The topological polar surface area (TPSA) is 129 Å². The number of nitrogen functional groups attached to an aromatic ring is 1. The number of carbonyl (C=O) groups is 1. The summed E-state index contributed by atoms with van der Waals surface area (Å²) in [5.41, 5.74) is 7.31. The van der Waals surface area contributed by atoms with Gasteiger partial charge in [0.1, 0.15) is 34.2 Å². The number of nitrogens with one attached hydrogen (secondary N) is 1. The second-order valence-electron chi connectivity index (χ2n) is 14.6. The summed E-state index contributed by atoms with van der Waals surface area (Å²) in [6, 6.07) is 4.61. The van der Waals surface area contributed by atoms with Gasteiger partial charge in [0, 0.05) is 23.4 Å². The molecule has 4 aromatic rings. The Labute approximate surface area is 309 Å². The van der Waals surface area contributed by atoms with Crippen molar-refractivity contribution in [3.05, 3.63) is 75.1 Å². The van der Waals surface area contributed by atoms with Crippen LogP contribution in [0.25, 0.3) is 22.0 Å². The molecule has 2 aromatic carbocycles. The molecule has 0 saturated heterocycles. The van der Waals surface area contributed by atoms with E-state index in [1.165, 1.54) is 26.0 Å². The number of amides is 1. The van der Waals surface area contributed by atoms with Crippen LogP contribution in [0.5, 0.6) is 0 Å². The van der Waals surface area contributed by atoms with Crippen LogP contribution < -0.4 is 11.1 Å².